The first kappa shape index (κ1) is 17.3. The molecule has 1 aromatic rings. The van der Waals surface area contributed by atoms with Gasteiger partial charge < -0.3 is 15.3 Å². The van der Waals surface area contributed by atoms with Gasteiger partial charge in [0, 0.05) is 13.6 Å². The van der Waals surface area contributed by atoms with Crippen LogP contribution in [0.5, 0.6) is 0 Å². The van der Waals surface area contributed by atoms with Crippen LogP contribution in [0.25, 0.3) is 0 Å². The Balaban J connectivity index is 2.68. The van der Waals surface area contributed by atoms with Crippen LogP contribution in [0.2, 0.25) is 0 Å². The molecule has 0 radical (unpaired) electrons. The Bertz CT molecular complexity index is 486. The second-order valence-electron chi connectivity index (χ2n) is 5.03. The lowest BCUT2D eigenvalue weighted by Crippen LogP contribution is -2.39. The Hall–Kier alpha value is -1.76. The molecular formula is C14H19F3N2O2. The monoisotopic (exact) mass is 304 g/mol. The van der Waals surface area contributed by atoms with Crippen LogP contribution >= 0.6 is 0 Å². The lowest BCUT2D eigenvalue weighted by molar-refractivity contribution is 0.162. The van der Waals surface area contributed by atoms with Gasteiger partial charge in [-0.05, 0) is 38.0 Å². The standard InChI is InChI=1S/C14H19F3N2O2/c1-8(20)4-5-19(3)14(21)18-9(2)10-6-11(15)13(17)12(16)7-10/h6-9,20H,4-5H2,1-3H3,(H,18,21)/t8-,9-/m0/s1. The first-order valence-electron chi connectivity index (χ1n) is 6.56. The highest BCUT2D eigenvalue weighted by molar-refractivity contribution is 5.74. The molecule has 4 nitrogen and oxygen atoms in total. The maximum Gasteiger partial charge on any atom is 0.317 e. The minimum absolute atomic E-state index is 0.128. The van der Waals surface area contributed by atoms with E-state index in [1.165, 1.54) is 18.9 Å². The fraction of sp³-hybridized carbons (Fsp3) is 0.500. The second-order valence-corrected chi connectivity index (χ2v) is 5.03. The van der Waals surface area contributed by atoms with Gasteiger partial charge in [-0.25, -0.2) is 18.0 Å². The highest BCUT2D eigenvalue weighted by atomic mass is 19.2. The fourth-order valence-electron chi connectivity index (χ4n) is 1.69. The molecule has 0 aliphatic rings. The molecule has 7 heteroatoms. The number of hydrogen-bond donors (Lipinski definition) is 2. The molecule has 0 fully saturated rings. The Morgan fingerprint density at radius 2 is 1.81 bits per heavy atom. The Morgan fingerprint density at radius 1 is 1.29 bits per heavy atom. The van der Waals surface area contributed by atoms with Crippen molar-refractivity contribution in [1.29, 1.82) is 0 Å². The first-order valence-corrected chi connectivity index (χ1v) is 6.56. The summed E-state index contributed by atoms with van der Waals surface area (Å²) < 4.78 is 39.2. The van der Waals surface area contributed by atoms with Crippen molar-refractivity contribution in [1.82, 2.24) is 10.2 Å². The molecule has 1 rings (SSSR count). The number of aliphatic hydroxyl groups is 1. The van der Waals surface area contributed by atoms with E-state index >= 15 is 0 Å². The normalized spacial score (nSPS) is 13.7. The van der Waals surface area contributed by atoms with Crippen molar-refractivity contribution in [3.05, 3.63) is 35.1 Å². The van der Waals surface area contributed by atoms with Gasteiger partial charge in [-0.3, -0.25) is 0 Å². The number of urea groups is 1. The summed E-state index contributed by atoms with van der Waals surface area (Å²) in [6, 6.07) is 0.558. The number of rotatable bonds is 5. The number of nitrogens with one attached hydrogen (secondary N) is 1. The third-order valence-electron chi connectivity index (χ3n) is 3.08. The van der Waals surface area contributed by atoms with Crippen LogP contribution in [0.3, 0.4) is 0 Å². The van der Waals surface area contributed by atoms with Gasteiger partial charge in [-0.15, -0.1) is 0 Å². The van der Waals surface area contributed by atoms with Gasteiger partial charge in [0.15, 0.2) is 17.5 Å². The van der Waals surface area contributed by atoms with Gasteiger partial charge in [0.1, 0.15) is 0 Å². The summed E-state index contributed by atoms with van der Waals surface area (Å²) in [5, 5.41) is 11.7. The smallest absolute Gasteiger partial charge is 0.317 e. The van der Waals surface area contributed by atoms with Gasteiger partial charge in [0.05, 0.1) is 12.1 Å². The van der Waals surface area contributed by atoms with Crippen LogP contribution in [0.4, 0.5) is 18.0 Å². The van der Waals surface area contributed by atoms with Gasteiger partial charge in [-0.1, -0.05) is 0 Å². The molecule has 0 spiro atoms. The van der Waals surface area contributed by atoms with E-state index < -0.39 is 35.6 Å². The summed E-state index contributed by atoms with van der Waals surface area (Å²) in [5.74, 6) is -4.13. The lowest BCUT2D eigenvalue weighted by Gasteiger charge is -2.22. The molecule has 1 aromatic carbocycles. The lowest BCUT2D eigenvalue weighted by atomic mass is 10.1. The van der Waals surface area contributed by atoms with Crippen molar-refractivity contribution in [3.8, 4) is 0 Å². The molecule has 2 amide bonds. The van der Waals surface area contributed by atoms with Crippen LogP contribution < -0.4 is 5.32 Å². The first-order chi connectivity index (χ1) is 9.72. The minimum Gasteiger partial charge on any atom is -0.393 e. The van der Waals surface area contributed by atoms with E-state index in [4.69, 9.17) is 5.11 Å². The van der Waals surface area contributed by atoms with Crippen LogP contribution in [0, 0.1) is 17.5 Å². The number of hydrogen-bond acceptors (Lipinski definition) is 2. The Labute approximate surface area is 121 Å². The van der Waals surface area contributed by atoms with E-state index in [9.17, 15) is 18.0 Å². The van der Waals surface area contributed by atoms with Crippen LogP contribution in [0.1, 0.15) is 31.9 Å². The highest BCUT2D eigenvalue weighted by Crippen LogP contribution is 2.19. The number of halogens is 3. The topological polar surface area (TPSA) is 52.6 Å². The molecule has 0 aromatic heterocycles. The third-order valence-corrected chi connectivity index (χ3v) is 3.08. The molecule has 118 valence electrons. The third kappa shape index (κ3) is 4.93. The predicted octanol–water partition coefficient (Wildman–Crippen LogP) is 2.58. The van der Waals surface area contributed by atoms with Gasteiger partial charge in [0.25, 0.3) is 0 Å². The average Bonchev–Trinajstić information content (AvgIpc) is 2.41. The van der Waals surface area contributed by atoms with Crippen molar-refractivity contribution in [3.63, 3.8) is 0 Å². The molecule has 2 atom stereocenters. The minimum atomic E-state index is -1.54. The quantitative estimate of drug-likeness (QED) is 0.822. The van der Waals surface area contributed by atoms with E-state index in [0.717, 1.165) is 12.1 Å². The molecule has 0 saturated carbocycles. The maximum absolute atomic E-state index is 13.1. The van der Waals surface area contributed by atoms with Gasteiger partial charge in [-0.2, -0.15) is 0 Å². The van der Waals surface area contributed by atoms with E-state index in [2.05, 4.69) is 5.32 Å². The Kier molecular flexibility index (Phi) is 6.02. The Morgan fingerprint density at radius 3 is 2.29 bits per heavy atom. The zero-order valence-corrected chi connectivity index (χ0v) is 12.2. The molecular weight excluding hydrogens is 285 g/mol. The number of benzene rings is 1. The van der Waals surface area contributed by atoms with Crippen molar-refractivity contribution in [2.75, 3.05) is 13.6 Å². The van der Waals surface area contributed by atoms with Crippen LogP contribution in [0.15, 0.2) is 12.1 Å². The highest BCUT2D eigenvalue weighted by Gasteiger charge is 2.17. The molecule has 0 unspecified atom stereocenters. The number of carbonyl (C=O) groups excluding carboxylic acids is 1. The number of aliphatic hydroxyl groups excluding tert-OH is 1. The van der Waals surface area contributed by atoms with Crippen LogP contribution in [-0.4, -0.2) is 35.7 Å². The van der Waals surface area contributed by atoms with Crippen molar-refractivity contribution < 1.29 is 23.1 Å². The second kappa shape index (κ2) is 7.31. The number of carbonyl (C=O) groups is 1. The maximum atomic E-state index is 13.1. The van der Waals surface area contributed by atoms with Gasteiger partial charge in [0.2, 0.25) is 0 Å². The molecule has 0 aliphatic carbocycles. The molecule has 0 heterocycles. The van der Waals surface area contributed by atoms with Crippen molar-refractivity contribution >= 4 is 6.03 Å². The van der Waals surface area contributed by atoms with Gasteiger partial charge >= 0.3 is 6.03 Å². The molecule has 0 saturated heterocycles. The summed E-state index contributed by atoms with van der Waals surface area (Å²) in [7, 11) is 1.54. The summed E-state index contributed by atoms with van der Waals surface area (Å²) in [5.41, 5.74) is 0.128. The molecule has 0 aliphatic heterocycles. The average molecular weight is 304 g/mol. The fourth-order valence-corrected chi connectivity index (χ4v) is 1.69. The van der Waals surface area contributed by atoms with Crippen LogP contribution in [-0.2, 0) is 0 Å². The zero-order valence-electron chi connectivity index (χ0n) is 12.2. The van der Waals surface area contributed by atoms with Crippen molar-refractivity contribution in [2.45, 2.75) is 32.4 Å². The van der Waals surface area contributed by atoms with E-state index in [-0.39, 0.29) is 5.56 Å². The zero-order chi connectivity index (χ0) is 16.2. The molecule has 2 N–H and O–H groups in total. The summed E-state index contributed by atoms with van der Waals surface area (Å²) in [6.45, 7) is 3.48. The van der Waals surface area contributed by atoms with E-state index in [0.29, 0.717) is 13.0 Å². The molecule has 21 heavy (non-hydrogen) atoms. The number of amides is 2. The van der Waals surface area contributed by atoms with E-state index in [1.807, 2.05) is 0 Å². The van der Waals surface area contributed by atoms with Crippen molar-refractivity contribution in [2.24, 2.45) is 0 Å². The predicted molar refractivity (Wildman–Crippen MR) is 72.2 cm³/mol. The summed E-state index contributed by atoms with van der Waals surface area (Å²) in [6.07, 6.45) is -0.115. The summed E-state index contributed by atoms with van der Waals surface area (Å²) >= 11 is 0. The number of nitrogens with zero attached hydrogens (tertiary/aromatic N) is 1. The molecule has 0 bridgehead atoms. The SMILES string of the molecule is C[C@H](O)CCN(C)C(=O)N[C@@H](C)c1cc(F)c(F)c(F)c1. The summed E-state index contributed by atoms with van der Waals surface area (Å²) in [4.78, 5) is 13.2. The largest absolute Gasteiger partial charge is 0.393 e. The van der Waals surface area contributed by atoms with E-state index in [1.54, 1.807) is 6.92 Å².